The summed E-state index contributed by atoms with van der Waals surface area (Å²) in [6.07, 6.45) is 29.3. The van der Waals surface area contributed by atoms with Gasteiger partial charge in [0.1, 0.15) is 0 Å². The van der Waals surface area contributed by atoms with Crippen molar-refractivity contribution in [3.63, 3.8) is 0 Å². The summed E-state index contributed by atoms with van der Waals surface area (Å²) in [5, 5.41) is 0. The van der Waals surface area contributed by atoms with E-state index in [1.807, 2.05) is 0 Å². The normalized spacial score (nSPS) is 39.5. The van der Waals surface area contributed by atoms with Crippen molar-refractivity contribution >= 4 is 0 Å². The first-order valence-corrected chi connectivity index (χ1v) is 12.3. The van der Waals surface area contributed by atoms with Crippen molar-refractivity contribution in [3.05, 3.63) is 0 Å². The maximum Gasteiger partial charge on any atom is -0.0383 e. The number of hydrogen-bond acceptors (Lipinski definition) is 0. The number of hydrogen-bond donors (Lipinski definition) is 0. The predicted octanol–water partition coefficient (Wildman–Crippen LogP) is 8.54. The maximum atomic E-state index is 2.50. The van der Waals surface area contributed by atoms with Gasteiger partial charge in [-0.2, -0.15) is 0 Å². The molecule has 0 bridgehead atoms. The van der Waals surface area contributed by atoms with Crippen molar-refractivity contribution in [2.24, 2.45) is 29.6 Å². The highest BCUT2D eigenvalue weighted by Gasteiger charge is 2.31. The molecule has 0 nitrogen and oxygen atoms in total. The van der Waals surface area contributed by atoms with Crippen LogP contribution in [0.1, 0.15) is 129 Å². The molecule has 0 spiro atoms. The fourth-order valence-electron chi connectivity index (χ4n) is 6.57. The Balaban J connectivity index is 1.47. The van der Waals surface area contributed by atoms with E-state index in [1.165, 1.54) is 70.6 Å². The second-order valence-electron chi connectivity index (χ2n) is 10.3. The monoisotopic (exact) mass is 346 g/mol. The summed E-state index contributed by atoms with van der Waals surface area (Å²) in [6, 6.07) is 0. The molecule has 0 aromatic heterocycles. The smallest absolute Gasteiger partial charge is 0.0383 e. The molecule has 3 fully saturated rings. The van der Waals surface area contributed by atoms with Crippen LogP contribution < -0.4 is 0 Å². The zero-order valence-corrected chi connectivity index (χ0v) is 17.3. The van der Waals surface area contributed by atoms with Crippen LogP contribution in [0.4, 0.5) is 0 Å². The van der Waals surface area contributed by atoms with Gasteiger partial charge in [0.2, 0.25) is 0 Å². The fraction of sp³-hybridized carbons (Fsp3) is 1.00. The first-order chi connectivity index (χ1) is 12.3. The second-order valence-corrected chi connectivity index (χ2v) is 10.3. The van der Waals surface area contributed by atoms with Gasteiger partial charge in [-0.15, -0.1) is 0 Å². The van der Waals surface area contributed by atoms with E-state index >= 15 is 0 Å². The van der Waals surface area contributed by atoms with E-state index in [9.17, 15) is 0 Å². The van der Waals surface area contributed by atoms with Gasteiger partial charge in [0.05, 0.1) is 0 Å². The van der Waals surface area contributed by atoms with Gasteiger partial charge in [0.25, 0.3) is 0 Å². The van der Waals surface area contributed by atoms with E-state index in [-0.39, 0.29) is 0 Å². The Morgan fingerprint density at radius 2 is 1.08 bits per heavy atom. The van der Waals surface area contributed by atoms with Gasteiger partial charge < -0.3 is 0 Å². The summed E-state index contributed by atoms with van der Waals surface area (Å²) in [5.74, 6) is 5.37. The zero-order valence-electron chi connectivity index (χ0n) is 17.3. The zero-order chi connectivity index (χ0) is 17.3. The molecule has 3 rings (SSSR count). The highest BCUT2D eigenvalue weighted by atomic mass is 14.4. The Labute approximate surface area is 158 Å². The van der Waals surface area contributed by atoms with Gasteiger partial charge in [-0.25, -0.2) is 0 Å². The van der Waals surface area contributed by atoms with Crippen LogP contribution in [0.3, 0.4) is 0 Å². The molecule has 5 atom stereocenters. The maximum absolute atomic E-state index is 2.50. The van der Waals surface area contributed by atoms with Gasteiger partial charge in [-0.3, -0.25) is 0 Å². The van der Waals surface area contributed by atoms with Crippen molar-refractivity contribution in [1.82, 2.24) is 0 Å². The molecule has 0 aromatic carbocycles. The Kier molecular flexibility index (Phi) is 8.68. The molecule has 0 N–H and O–H groups in total. The van der Waals surface area contributed by atoms with Crippen molar-refractivity contribution < 1.29 is 0 Å². The van der Waals surface area contributed by atoms with Crippen LogP contribution in [-0.2, 0) is 0 Å². The minimum absolute atomic E-state index is 0.994. The SMILES string of the molecule is CC1CCCCCC(CC2CCC3CCCCCCCC3C2)CCC1. The minimum Gasteiger partial charge on any atom is -0.0625 e. The average molecular weight is 347 g/mol. The molecule has 3 aliphatic carbocycles. The van der Waals surface area contributed by atoms with E-state index in [4.69, 9.17) is 0 Å². The van der Waals surface area contributed by atoms with Crippen molar-refractivity contribution in [1.29, 1.82) is 0 Å². The van der Waals surface area contributed by atoms with E-state index in [0.717, 1.165) is 29.6 Å². The van der Waals surface area contributed by atoms with Crippen LogP contribution in [0.25, 0.3) is 0 Å². The van der Waals surface area contributed by atoms with Crippen molar-refractivity contribution in [3.8, 4) is 0 Å². The molecule has 0 radical (unpaired) electrons. The number of rotatable bonds is 2. The van der Waals surface area contributed by atoms with Crippen LogP contribution in [0.15, 0.2) is 0 Å². The molecule has 0 aliphatic heterocycles. The van der Waals surface area contributed by atoms with E-state index in [2.05, 4.69) is 6.92 Å². The van der Waals surface area contributed by atoms with Gasteiger partial charge in [-0.05, 0) is 48.9 Å². The second kappa shape index (κ2) is 11.0. The van der Waals surface area contributed by atoms with Crippen molar-refractivity contribution in [2.75, 3.05) is 0 Å². The third-order valence-corrected chi connectivity index (χ3v) is 8.18. The van der Waals surface area contributed by atoms with Gasteiger partial charge in [0.15, 0.2) is 0 Å². The van der Waals surface area contributed by atoms with Gasteiger partial charge in [0, 0.05) is 0 Å². The molecule has 0 heteroatoms. The third kappa shape index (κ3) is 6.91. The summed E-state index contributed by atoms with van der Waals surface area (Å²) in [6.45, 7) is 2.50. The minimum atomic E-state index is 0.994. The Bertz CT molecular complexity index is 346. The molecule has 146 valence electrons. The summed E-state index contributed by atoms with van der Waals surface area (Å²) in [7, 11) is 0. The highest BCUT2D eigenvalue weighted by molar-refractivity contribution is 4.82. The molecule has 0 saturated heterocycles. The Hall–Kier alpha value is 0. The average Bonchev–Trinajstić information content (AvgIpc) is 2.73. The quantitative estimate of drug-likeness (QED) is 0.470. The van der Waals surface area contributed by atoms with Crippen LogP contribution in [0.5, 0.6) is 0 Å². The summed E-state index contributed by atoms with van der Waals surface area (Å²) in [4.78, 5) is 0. The lowest BCUT2D eigenvalue weighted by molar-refractivity contribution is 0.136. The van der Waals surface area contributed by atoms with E-state index in [0.29, 0.717) is 0 Å². The molecular weight excluding hydrogens is 300 g/mol. The van der Waals surface area contributed by atoms with Crippen molar-refractivity contribution in [2.45, 2.75) is 129 Å². The standard InChI is InChI=1S/C25H46/c1-21-11-6-5-7-13-22(14-10-12-21)19-23-17-18-24-15-8-3-2-4-9-16-25(24)20-23/h21-25H,2-20H2,1H3. The lowest BCUT2D eigenvalue weighted by Crippen LogP contribution is -2.26. The summed E-state index contributed by atoms with van der Waals surface area (Å²) < 4.78 is 0. The molecule has 3 saturated carbocycles. The molecule has 0 heterocycles. The van der Waals surface area contributed by atoms with Crippen LogP contribution in [0.2, 0.25) is 0 Å². The molecule has 3 aliphatic rings. The molecule has 5 unspecified atom stereocenters. The van der Waals surface area contributed by atoms with E-state index < -0.39 is 0 Å². The van der Waals surface area contributed by atoms with Crippen LogP contribution in [-0.4, -0.2) is 0 Å². The Morgan fingerprint density at radius 1 is 0.480 bits per heavy atom. The fourth-order valence-corrected chi connectivity index (χ4v) is 6.57. The lowest BCUT2D eigenvalue weighted by atomic mass is 9.68. The summed E-state index contributed by atoms with van der Waals surface area (Å²) in [5.41, 5.74) is 0. The first-order valence-electron chi connectivity index (χ1n) is 12.3. The largest absolute Gasteiger partial charge is 0.0625 e. The highest BCUT2D eigenvalue weighted by Crippen LogP contribution is 2.43. The van der Waals surface area contributed by atoms with E-state index in [1.54, 1.807) is 51.4 Å². The first kappa shape index (κ1) is 19.8. The van der Waals surface area contributed by atoms with Crippen LogP contribution >= 0.6 is 0 Å². The topological polar surface area (TPSA) is 0 Å². The molecular formula is C25H46. The molecule has 0 amide bonds. The summed E-state index contributed by atoms with van der Waals surface area (Å²) >= 11 is 0. The number of fused-ring (bicyclic) bond motifs is 1. The predicted molar refractivity (Wildman–Crippen MR) is 111 cm³/mol. The lowest BCUT2D eigenvalue weighted by Gasteiger charge is -2.38. The van der Waals surface area contributed by atoms with Crippen LogP contribution in [0, 0.1) is 29.6 Å². The van der Waals surface area contributed by atoms with Gasteiger partial charge in [-0.1, -0.05) is 110 Å². The third-order valence-electron chi connectivity index (χ3n) is 8.18. The Morgan fingerprint density at radius 3 is 1.96 bits per heavy atom. The molecule has 0 aromatic rings. The van der Waals surface area contributed by atoms with Gasteiger partial charge >= 0.3 is 0 Å². The molecule has 25 heavy (non-hydrogen) atoms.